The van der Waals surface area contributed by atoms with Gasteiger partial charge in [0.15, 0.2) is 0 Å². The normalized spacial score (nSPS) is 16.1. The highest BCUT2D eigenvalue weighted by Crippen LogP contribution is 2.32. The van der Waals surface area contributed by atoms with Gasteiger partial charge in [0.1, 0.15) is 11.4 Å². The first-order valence-corrected chi connectivity index (χ1v) is 11.0. The number of ether oxygens (including phenoxy) is 1. The number of carbonyl (C=O) groups excluding carboxylic acids is 1. The molecule has 9 nitrogen and oxygen atoms in total. The molecule has 1 aliphatic rings. The number of nitrogens with one attached hydrogen (secondary N) is 2. The highest BCUT2D eigenvalue weighted by atomic mass is 19.4. The van der Waals surface area contributed by atoms with Crippen LogP contribution in [0, 0.1) is 0 Å². The zero-order chi connectivity index (χ0) is 26.5. The molecule has 3 heterocycles. The van der Waals surface area contributed by atoms with E-state index in [1.165, 1.54) is 0 Å². The lowest BCUT2D eigenvalue weighted by atomic mass is 9.95. The number of hydrogen-bond acceptors (Lipinski definition) is 7. The number of amides is 1. The lowest BCUT2D eigenvalue weighted by molar-refractivity contribution is -0.139. The monoisotopic (exact) mass is 522 g/mol. The largest absolute Gasteiger partial charge is 0.423 e. The molecular weight excluding hydrogens is 498 g/mol. The summed E-state index contributed by atoms with van der Waals surface area (Å²) in [4.78, 5) is 33.2. The Balaban J connectivity index is 1.40. The summed E-state index contributed by atoms with van der Waals surface area (Å²) in [6.45, 7) is 2.34. The number of rotatable bonds is 8. The molecule has 1 amide bonds. The maximum Gasteiger partial charge on any atom is 0.423 e. The lowest BCUT2D eigenvalue weighted by Gasteiger charge is -2.31. The van der Waals surface area contributed by atoms with Crippen LogP contribution in [0.5, 0.6) is 0 Å². The van der Waals surface area contributed by atoms with Gasteiger partial charge in [0, 0.05) is 37.4 Å². The van der Waals surface area contributed by atoms with E-state index >= 15 is 0 Å². The Morgan fingerprint density at radius 2 is 1.78 bits per heavy atom. The van der Waals surface area contributed by atoms with Crippen molar-refractivity contribution < 1.29 is 35.9 Å². The van der Waals surface area contributed by atoms with E-state index in [1.807, 2.05) is 0 Å². The minimum atomic E-state index is -4.86. The predicted octanol–water partition coefficient (Wildman–Crippen LogP) is 3.21. The molecule has 2 N–H and O–H groups in total. The minimum absolute atomic E-state index is 0.0231. The first-order chi connectivity index (χ1) is 16.9. The number of likely N-dealkylation sites (tertiary alicyclic amines) is 1. The summed E-state index contributed by atoms with van der Waals surface area (Å²) in [6.07, 6.45) is -5.94. The number of H-pyrrole nitrogens is 1. The molecule has 0 unspecified atom stereocenters. The summed E-state index contributed by atoms with van der Waals surface area (Å²) in [6, 6.07) is -0.607. The van der Waals surface area contributed by atoms with Gasteiger partial charge in [-0.3, -0.25) is 9.59 Å². The number of carbonyl (C=O) groups is 1. The van der Waals surface area contributed by atoms with Gasteiger partial charge in [-0.15, -0.1) is 0 Å². The SMILES string of the molecule is C[C@@H](COCCC(=O)N1CCC(c2ncc(C(F)(F)F)cn2)CC1)Nc1cn[nH]c(=O)c1C(F)(F)F. The third-order valence-electron chi connectivity index (χ3n) is 5.58. The van der Waals surface area contributed by atoms with E-state index in [1.54, 1.807) is 16.9 Å². The Morgan fingerprint density at radius 3 is 2.36 bits per heavy atom. The summed E-state index contributed by atoms with van der Waals surface area (Å²) in [5, 5.41) is 7.67. The van der Waals surface area contributed by atoms with Crippen LogP contribution in [0.25, 0.3) is 0 Å². The molecule has 1 atom stereocenters. The standard InChI is InChI=1S/C21H24F6N6O3/c1-12(31-15-10-30-32-19(35)17(15)21(25,26)27)11-36-7-4-16(34)33-5-2-13(3-6-33)18-28-8-14(9-29-18)20(22,23)24/h8-10,12-13H,2-7,11H2,1H3,(H2,31,32,35)/t12-/m0/s1. The van der Waals surface area contributed by atoms with E-state index in [0.717, 1.165) is 18.6 Å². The second kappa shape index (κ2) is 11.2. The summed E-state index contributed by atoms with van der Waals surface area (Å²) in [5.41, 5.74) is -4.14. The molecular formula is C21H24F6N6O3. The Bertz CT molecular complexity index is 1080. The summed E-state index contributed by atoms with van der Waals surface area (Å²) in [7, 11) is 0. The number of hydrogen-bond donors (Lipinski definition) is 2. The molecule has 0 spiro atoms. The fourth-order valence-corrected chi connectivity index (χ4v) is 3.76. The number of aromatic amines is 1. The van der Waals surface area contributed by atoms with Crippen molar-refractivity contribution in [1.82, 2.24) is 25.1 Å². The van der Waals surface area contributed by atoms with Gasteiger partial charge in [0.05, 0.1) is 37.1 Å². The first kappa shape index (κ1) is 27.4. The van der Waals surface area contributed by atoms with Crippen molar-refractivity contribution in [3.8, 4) is 0 Å². The molecule has 0 saturated carbocycles. The van der Waals surface area contributed by atoms with Gasteiger partial charge in [-0.05, 0) is 19.8 Å². The summed E-state index contributed by atoms with van der Waals surface area (Å²) >= 11 is 0. The van der Waals surface area contributed by atoms with Crippen LogP contribution in [0.15, 0.2) is 23.4 Å². The zero-order valence-corrected chi connectivity index (χ0v) is 19.1. The van der Waals surface area contributed by atoms with E-state index in [0.29, 0.717) is 31.8 Å². The van der Waals surface area contributed by atoms with E-state index in [4.69, 9.17) is 4.74 Å². The van der Waals surface area contributed by atoms with Crippen molar-refractivity contribution in [1.29, 1.82) is 0 Å². The van der Waals surface area contributed by atoms with Crippen LogP contribution in [0.2, 0.25) is 0 Å². The van der Waals surface area contributed by atoms with Crippen LogP contribution in [0.1, 0.15) is 49.1 Å². The van der Waals surface area contributed by atoms with Crippen LogP contribution in [-0.4, -0.2) is 63.3 Å². The average Bonchev–Trinajstić information content (AvgIpc) is 2.80. The zero-order valence-electron chi connectivity index (χ0n) is 19.1. The van der Waals surface area contributed by atoms with E-state index in [9.17, 15) is 35.9 Å². The maximum absolute atomic E-state index is 13.1. The molecule has 1 fully saturated rings. The van der Waals surface area contributed by atoms with Crippen LogP contribution < -0.4 is 10.9 Å². The van der Waals surface area contributed by atoms with Gasteiger partial charge in [0.2, 0.25) is 5.91 Å². The number of alkyl halides is 6. The molecule has 0 aliphatic carbocycles. The molecule has 0 bridgehead atoms. The molecule has 1 saturated heterocycles. The smallest absolute Gasteiger partial charge is 0.379 e. The molecule has 0 aromatic carbocycles. The van der Waals surface area contributed by atoms with E-state index < -0.39 is 40.8 Å². The number of anilines is 1. The van der Waals surface area contributed by atoms with Gasteiger partial charge in [-0.2, -0.15) is 31.4 Å². The Labute approximate surface area is 201 Å². The van der Waals surface area contributed by atoms with Crippen molar-refractivity contribution in [2.24, 2.45) is 0 Å². The van der Waals surface area contributed by atoms with Crippen molar-refractivity contribution in [2.75, 3.05) is 31.6 Å². The quantitative estimate of drug-likeness (QED) is 0.404. The van der Waals surface area contributed by atoms with E-state index in [-0.39, 0.29) is 31.5 Å². The second-order valence-electron chi connectivity index (χ2n) is 8.34. The molecule has 3 rings (SSSR count). The van der Waals surface area contributed by atoms with Crippen LogP contribution in [0.3, 0.4) is 0 Å². The highest BCUT2D eigenvalue weighted by Gasteiger charge is 2.37. The fraction of sp³-hybridized carbons (Fsp3) is 0.571. The topological polar surface area (TPSA) is 113 Å². The first-order valence-electron chi connectivity index (χ1n) is 11.0. The van der Waals surface area contributed by atoms with Crippen molar-refractivity contribution in [3.63, 3.8) is 0 Å². The molecule has 2 aromatic rings. The van der Waals surface area contributed by atoms with Gasteiger partial charge in [-0.1, -0.05) is 0 Å². The van der Waals surface area contributed by atoms with Crippen LogP contribution >= 0.6 is 0 Å². The fourth-order valence-electron chi connectivity index (χ4n) is 3.76. The average molecular weight is 522 g/mol. The molecule has 0 radical (unpaired) electrons. The summed E-state index contributed by atoms with van der Waals surface area (Å²) < 4.78 is 82.7. The molecule has 1 aliphatic heterocycles. The number of aromatic nitrogens is 4. The number of nitrogens with zero attached hydrogens (tertiary/aromatic N) is 4. The third-order valence-corrected chi connectivity index (χ3v) is 5.58. The lowest BCUT2D eigenvalue weighted by Crippen LogP contribution is -2.38. The molecule has 198 valence electrons. The van der Waals surface area contributed by atoms with Crippen LogP contribution in [0.4, 0.5) is 32.0 Å². The Hall–Kier alpha value is -3.23. The highest BCUT2D eigenvalue weighted by molar-refractivity contribution is 5.76. The Morgan fingerprint density at radius 1 is 1.14 bits per heavy atom. The van der Waals surface area contributed by atoms with Crippen LogP contribution in [-0.2, 0) is 21.9 Å². The Kier molecular flexibility index (Phi) is 8.53. The summed E-state index contributed by atoms with van der Waals surface area (Å²) in [5.74, 6) is -0.0226. The van der Waals surface area contributed by atoms with Gasteiger partial charge >= 0.3 is 12.4 Å². The molecule has 2 aromatic heterocycles. The maximum atomic E-state index is 13.1. The third kappa shape index (κ3) is 7.15. The number of halogens is 6. The van der Waals surface area contributed by atoms with Crippen molar-refractivity contribution in [2.45, 2.75) is 50.5 Å². The molecule has 15 heteroatoms. The predicted molar refractivity (Wildman–Crippen MR) is 114 cm³/mol. The van der Waals surface area contributed by atoms with Gasteiger partial charge in [0.25, 0.3) is 5.56 Å². The van der Waals surface area contributed by atoms with E-state index in [2.05, 4.69) is 20.4 Å². The van der Waals surface area contributed by atoms with Gasteiger partial charge in [-0.25, -0.2) is 15.1 Å². The second-order valence-corrected chi connectivity index (χ2v) is 8.34. The number of piperidine rings is 1. The minimum Gasteiger partial charge on any atom is -0.379 e. The van der Waals surface area contributed by atoms with Crippen molar-refractivity contribution >= 4 is 11.6 Å². The van der Waals surface area contributed by atoms with Gasteiger partial charge < -0.3 is 15.0 Å². The van der Waals surface area contributed by atoms with Crippen molar-refractivity contribution in [3.05, 3.63) is 45.9 Å². The molecule has 36 heavy (non-hydrogen) atoms.